The highest BCUT2D eigenvalue weighted by Crippen LogP contribution is 2.29. The molecule has 1 aliphatic heterocycles. The first-order valence-corrected chi connectivity index (χ1v) is 5.06. The standard InChI is InChI=1S/C11H8ClN3/c12-9-2-4-14-11-10(9)8(6-15-11)7-1-3-13-5-7/h1-2,4-6H,3H2,(H,14,15). The van der Waals surface area contributed by atoms with Crippen molar-refractivity contribution in [1.82, 2.24) is 9.97 Å². The van der Waals surface area contributed by atoms with Crippen molar-refractivity contribution < 1.29 is 0 Å². The Morgan fingerprint density at radius 3 is 3.13 bits per heavy atom. The van der Waals surface area contributed by atoms with Crippen LogP contribution in [0.4, 0.5) is 0 Å². The van der Waals surface area contributed by atoms with Gasteiger partial charge in [-0.05, 0) is 11.6 Å². The molecule has 0 saturated carbocycles. The fraction of sp³-hybridized carbons (Fsp3) is 0.0909. The van der Waals surface area contributed by atoms with E-state index in [1.54, 1.807) is 12.3 Å². The Bertz CT molecular complexity index is 581. The smallest absolute Gasteiger partial charge is 0.139 e. The second kappa shape index (κ2) is 3.21. The van der Waals surface area contributed by atoms with Gasteiger partial charge in [0.15, 0.2) is 0 Å². The Morgan fingerprint density at radius 1 is 1.40 bits per heavy atom. The molecule has 0 radical (unpaired) electrons. The van der Waals surface area contributed by atoms with Crippen LogP contribution in [0.15, 0.2) is 29.5 Å². The highest BCUT2D eigenvalue weighted by atomic mass is 35.5. The van der Waals surface area contributed by atoms with Crippen molar-refractivity contribution in [2.45, 2.75) is 0 Å². The van der Waals surface area contributed by atoms with E-state index in [0.29, 0.717) is 0 Å². The van der Waals surface area contributed by atoms with E-state index < -0.39 is 0 Å². The fourth-order valence-electron chi connectivity index (χ4n) is 1.78. The largest absolute Gasteiger partial charge is 0.345 e. The van der Waals surface area contributed by atoms with Gasteiger partial charge in [0.2, 0.25) is 0 Å². The van der Waals surface area contributed by atoms with Crippen LogP contribution in [0.5, 0.6) is 0 Å². The number of nitrogens with zero attached hydrogens (tertiary/aromatic N) is 2. The van der Waals surface area contributed by atoms with E-state index in [2.05, 4.69) is 21.0 Å². The maximum Gasteiger partial charge on any atom is 0.139 e. The molecule has 2 aromatic rings. The van der Waals surface area contributed by atoms with Gasteiger partial charge in [-0.15, -0.1) is 0 Å². The summed E-state index contributed by atoms with van der Waals surface area (Å²) in [6, 6.07) is 1.80. The van der Waals surface area contributed by atoms with Crippen molar-refractivity contribution >= 4 is 34.4 Å². The first-order valence-electron chi connectivity index (χ1n) is 4.68. The Balaban J connectivity index is 2.32. The first-order chi connectivity index (χ1) is 7.36. The number of hydrogen-bond acceptors (Lipinski definition) is 2. The van der Waals surface area contributed by atoms with Gasteiger partial charge in [-0.1, -0.05) is 17.7 Å². The summed E-state index contributed by atoms with van der Waals surface area (Å²) in [5, 5.41) is 1.69. The highest BCUT2D eigenvalue weighted by Gasteiger charge is 2.12. The number of hydrogen-bond donors (Lipinski definition) is 1. The number of aromatic amines is 1. The van der Waals surface area contributed by atoms with Crippen LogP contribution in [-0.2, 0) is 0 Å². The summed E-state index contributed by atoms with van der Waals surface area (Å²) in [6.45, 7) is 0.750. The van der Waals surface area contributed by atoms with E-state index in [4.69, 9.17) is 11.6 Å². The summed E-state index contributed by atoms with van der Waals surface area (Å²) < 4.78 is 0. The quantitative estimate of drug-likeness (QED) is 0.784. The topological polar surface area (TPSA) is 41.0 Å². The monoisotopic (exact) mass is 217 g/mol. The van der Waals surface area contributed by atoms with Crippen molar-refractivity contribution in [2.24, 2.45) is 4.99 Å². The third-order valence-electron chi connectivity index (χ3n) is 2.48. The maximum absolute atomic E-state index is 6.15. The number of aliphatic imine (C=N–C) groups is 1. The van der Waals surface area contributed by atoms with Gasteiger partial charge in [0.1, 0.15) is 5.65 Å². The molecule has 0 saturated heterocycles. The van der Waals surface area contributed by atoms with Crippen LogP contribution >= 0.6 is 11.6 Å². The van der Waals surface area contributed by atoms with Crippen LogP contribution in [0.1, 0.15) is 5.56 Å². The minimum Gasteiger partial charge on any atom is -0.345 e. The average Bonchev–Trinajstić information content (AvgIpc) is 2.85. The zero-order chi connectivity index (χ0) is 10.3. The molecule has 2 aromatic heterocycles. The molecule has 1 N–H and O–H groups in total. The van der Waals surface area contributed by atoms with Crippen LogP contribution in [0, 0.1) is 0 Å². The molecule has 0 amide bonds. The fourth-order valence-corrected chi connectivity index (χ4v) is 2.03. The number of rotatable bonds is 1. The molecule has 0 aromatic carbocycles. The lowest BCUT2D eigenvalue weighted by molar-refractivity contribution is 1.29. The number of halogens is 1. The molecule has 0 aliphatic carbocycles. The summed E-state index contributed by atoms with van der Waals surface area (Å²) in [6.07, 6.45) is 7.56. The highest BCUT2D eigenvalue weighted by molar-refractivity contribution is 6.36. The number of allylic oxidation sites excluding steroid dienone is 1. The van der Waals surface area contributed by atoms with Gasteiger partial charge >= 0.3 is 0 Å². The number of H-pyrrole nitrogens is 1. The summed E-state index contributed by atoms with van der Waals surface area (Å²) in [4.78, 5) is 11.5. The summed E-state index contributed by atoms with van der Waals surface area (Å²) >= 11 is 6.15. The lowest BCUT2D eigenvalue weighted by Gasteiger charge is -1.97. The van der Waals surface area contributed by atoms with Gasteiger partial charge in [-0.2, -0.15) is 0 Å². The molecule has 0 spiro atoms. The molecule has 0 fully saturated rings. The molecule has 3 heterocycles. The molecule has 0 unspecified atom stereocenters. The van der Waals surface area contributed by atoms with Crippen molar-refractivity contribution in [3.63, 3.8) is 0 Å². The molecular weight excluding hydrogens is 210 g/mol. The SMILES string of the molecule is Clc1ccnc2[nH]cc(C3=CCN=C3)c12. The minimum absolute atomic E-state index is 0.720. The number of pyridine rings is 1. The minimum atomic E-state index is 0.720. The van der Waals surface area contributed by atoms with Crippen molar-refractivity contribution in [3.05, 3.63) is 35.1 Å². The molecule has 15 heavy (non-hydrogen) atoms. The molecule has 0 bridgehead atoms. The molecule has 0 atom stereocenters. The van der Waals surface area contributed by atoms with Crippen molar-refractivity contribution in [2.75, 3.05) is 6.54 Å². The van der Waals surface area contributed by atoms with Crippen LogP contribution in [-0.4, -0.2) is 22.7 Å². The van der Waals surface area contributed by atoms with E-state index in [-0.39, 0.29) is 0 Å². The second-order valence-electron chi connectivity index (χ2n) is 3.37. The number of fused-ring (bicyclic) bond motifs is 1. The molecule has 74 valence electrons. The Hall–Kier alpha value is -1.61. The molecule has 4 heteroatoms. The van der Waals surface area contributed by atoms with E-state index >= 15 is 0 Å². The van der Waals surface area contributed by atoms with Crippen LogP contribution in [0.25, 0.3) is 16.6 Å². The molecule has 3 nitrogen and oxygen atoms in total. The van der Waals surface area contributed by atoms with Crippen LogP contribution in [0.2, 0.25) is 5.02 Å². The predicted molar refractivity (Wildman–Crippen MR) is 62.4 cm³/mol. The van der Waals surface area contributed by atoms with E-state index in [1.807, 2.05) is 12.4 Å². The maximum atomic E-state index is 6.15. The third-order valence-corrected chi connectivity index (χ3v) is 2.80. The van der Waals surface area contributed by atoms with Gasteiger partial charge < -0.3 is 4.98 Å². The second-order valence-corrected chi connectivity index (χ2v) is 3.78. The van der Waals surface area contributed by atoms with Gasteiger partial charge in [0.25, 0.3) is 0 Å². The first kappa shape index (κ1) is 8.68. The number of aromatic nitrogens is 2. The Kier molecular flexibility index (Phi) is 1.86. The summed E-state index contributed by atoms with van der Waals surface area (Å²) in [5.74, 6) is 0. The Morgan fingerprint density at radius 2 is 2.33 bits per heavy atom. The normalized spacial score (nSPS) is 14.9. The van der Waals surface area contributed by atoms with Gasteiger partial charge in [0, 0.05) is 29.6 Å². The Labute approximate surface area is 91.5 Å². The lowest BCUT2D eigenvalue weighted by Crippen LogP contribution is -1.82. The van der Waals surface area contributed by atoms with Gasteiger partial charge in [0.05, 0.1) is 11.6 Å². The average molecular weight is 218 g/mol. The van der Waals surface area contributed by atoms with Gasteiger partial charge in [-0.3, -0.25) is 4.99 Å². The summed E-state index contributed by atoms with van der Waals surface area (Å²) in [5.41, 5.74) is 3.00. The van der Waals surface area contributed by atoms with E-state index in [1.165, 1.54) is 0 Å². The molecular formula is C11H8ClN3. The molecule has 1 aliphatic rings. The van der Waals surface area contributed by atoms with Crippen molar-refractivity contribution in [3.8, 4) is 0 Å². The third kappa shape index (κ3) is 1.27. The zero-order valence-corrected chi connectivity index (χ0v) is 8.62. The predicted octanol–water partition coefficient (Wildman–Crippen LogP) is 2.68. The van der Waals surface area contributed by atoms with Crippen LogP contribution < -0.4 is 0 Å². The lowest BCUT2D eigenvalue weighted by atomic mass is 10.1. The molecule has 3 rings (SSSR count). The summed E-state index contributed by atoms with van der Waals surface area (Å²) in [7, 11) is 0. The van der Waals surface area contributed by atoms with Gasteiger partial charge in [-0.25, -0.2) is 4.98 Å². The van der Waals surface area contributed by atoms with Crippen molar-refractivity contribution in [1.29, 1.82) is 0 Å². The van der Waals surface area contributed by atoms with E-state index in [9.17, 15) is 0 Å². The zero-order valence-electron chi connectivity index (χ0n) is 7.87. The number of nitrogens with one attached hydrogen (secondary N) is 1. The van der Waals surface area contributed by atoms with Crippen LogP contribution in [0.3, 0.4) is 0 Å². The van der Waals surface area contributed by atoms with E-state index in [0.717, 1.165) is 33.7 Å².